The van der Waals surface area contributed by atoms with Gasteiger partial charge in [0, 0.05) is 16.4 Å². The van der Waals surface area contributed by atoms with Crippen LogP contribution in [-0.4, -0.2) is 21.5 Å². The first kappa shape index (κ1) is 21.3. The molecule has 0 saturated heterocycles. The lowest BCUT2D eigenvalue weighted by Gasteiger charge is -2.12. The lowest BCUT2D eigenvalue weighted by Crippen LogP contribution is -2.06. The Labute approximate surface area is 179 Å². The Bertz CT molecular complexity index is 1030. The van der Waals surface area contributed by atoms with E-state index in [0.29, 0.717) is 23.0 Å². The van der Waals surface area contributed by atoms with Crippen LogP contribution in [0.1, 0.15) is 25.3 Å². The molecule has 0 aliphatic carbocycles. The van der Waals surface area contributed by atoms with Crippen LogP contribution in [0.4, 0.5) is 28.7 Å². The van der Waals surface area contributed by atoms with Gasteiger partial charge in [-0.25, -0.2) is 9.97 Å². The van der Waals surface area contributed by atoms with E-state index in [0.717, 1.165) is 24.2 Å². The number of nitrogens with one attached hydrogen (secondary N) is 2. The van der Waals surface area contributed by atoms with E-state index in [2.05, 4.69) is 27.5 Å². The second-order valence-corrected chi connectivity index (χ2v) is 7.05. The summed E-state index contributed by atoms with van der Waals surface area (Å²) in [6, 6.07) is 12.4. The Morgan fingerprint density at radius 2 is 1.80 bits per heavy atom. The van der Waals surface area contributed by atoms with Gasteiger partial charge >= 0.3 is 5.69 Å². The van der Waals surface area contributed by atoms with Crippen molar-refractivity contribution < 1.29 is 9.66 Å². The van der Waals surface area contributed by atoms with Crippen LogP contribution in [0.5, 0.6) is 5.75 Å². The highest BCUT2D eigenvalue weighted by Crippen LogP contribution is 2.34. The summed E-state index contributed by atoms with van der Waals surface area (Å²) >= 11 is 6.05. The summed E-state index contributed by atoms with van der Waals surface area (Å²) in [7, 11) is 0. The van der Waals surface area contributed by atoms with Crippen LogP contribution in [-0.2, 0) is 0 Å². The molecule has 1 heterocycles. The number of nitro groups is 1. The SMILES string of the molecule is CCCCOc1ccc(Nc2ncnc(Nc3cc(Cl)ccc3C)c2[N+](=O)[O-])cc1. The summed E-state index contributed by atoms with van der Waals surface area (Å²) < 4.78 is 5.64. The topological polar surface area (TPSA) is 102 Å². The minimum atomic E-state index is -0.521. The molecule has 0 fully saturated rings. The Morgan fingerprint density at radius 1 is 1.10 bits per heavy atom. The summed E-state index contributed by atoms with van der Waals surface area (Å²) in [5, 5.41) is 18.3. The van der Waals surface area contributed by atoms with Gasteiger partial charge in [-0.3, -0.25) is 10.1 Å². The zero-order chi connectivity index (χ0) is 21.5. The highest BCUT2D eigenvalue weighted by Gasteiger charge is 2.23. The van der Waals surface area contributed by atoms with Crippen molar-refractivity contribution in [3.05, 3.63) is 69.5 Å². The maximum Gasteiger partial charge on any atom is 0.353 e. The number of hydrogen-bond acceptors (Lipinski definition) is 7. The van der Waals surface area contributed by atoms with Gasteiger partial charge in [-0.05, 0) is 55.3 Å². The molecule has 0 atom stereocenters. The first-order valence-electron chi connectivity index (χ1n) is 9.50. The number of unbranched alkanes of at least 4 members (excludes halogenated alkanes) is 1. The van der Waals surface area contributed by atoms with E-state index < -0.39 is 4.92 Å². The van der Waals surface area contributed by atoms with Crippen LogP contribution >= 0.6 is 11.6 Å². The molecule has 0 aliphatic rings. The van der Waals surface area contributed by atoms with Crippen LogP contribution < -0.4 is 15.4 Å². The molecule has 0 saturated carbocycles. The molecule has 0 unspecified atom stereocenters. The Hall–Kier alpha value is -3.39. The van der Waals surface area contributed by atoms with E-state index in [9.17, 15) is 10.1 Å². The molecule has 30 heavy (non-hydrogen) atoms. The number of benzene rings is 2. The van der Waals surface area contributed by atoms with Crippen molar-refractivity contribution in [3.63, 3.8) is 0 Å². The van der Waals surface area contributed by atoms with Gasteiger partial charge < -0.3 is 15.4 Å². The van der Waals surface area contributed by atoms with Crippen molar-refractivity contribution in [2.24, 2.45) is 0 Å². The second kappa shape index (κ2) is 9.89. The van der Waals surface area contributed by atoms with Crippen molar-refractivity contribution in [1.82, 2.24) is 9.97 Å². The second-order valence-electron chi connectivity index (χ2n) is 6.61. The molecule has 3 rings (SSSR count). The van der Waals surface area contributed by atoms with Crippen molar-refractivity contribution in [3.8, 4) is 5.75 Å². The average Bonchev–Trinajstić information content (AvgIpc) is 2.72. The largest absolute Gasteiger partial charge is 0.494 e. The molecular weight excluding hydrogens is 406 g/mol. The number of hydrogen-bond donors (Lipinski definition) is 2. The lowest BCUT2D eigenvalue weighted by atomic mass is 10.2. The Morgan fingerprint density at radius 3 is 2.47 bits per heavy atom. The van der Waals surface area contributed by atoms with Gasteiger partial charge in [-0.1, -0.05) is 31.0 Å². The third kappa shape index (κ3) is 5.36. The molecule has 0 radical (unpaired) electrons. The van der Waals surface area contributed by atoms with E-state index in [1.165, 1.54) is 6.33 Å². The third-order valence-corrected chi connectivity index (χ3v) is 4.58. The maximum atomic E-state index is 11.8. The number of aryl methyl sites for hydroxylation is 1. The van der Waals surface area contributed by atoms with E-state index >= 15 is 0 Å². The highest BCUT2D eigenvalue weighted by molar-refractivity contribution is 6.30. The monoisotopic (exact) mass is 427 g/mol. The van der Waals surface area contributed by atoms with Crippen molar-refractivity contribution in [1.29, 1.82) is 0 Å². The van der Waals surface area contributed by atoms with E-state index in [4.69, 9.17) is 16.3 Å². The molecule has 3 aromatic rings. The molecule has 1 aromatic heterocycles. The van der Waals surface area contributed by atoms with Gasteiger partial charge in [-0.2, -0.15) is 0 Å². The Balaban J connectivity index is 1.84. The lowest BCUT2D eigenvalue weighted by molar-refractivity contribution is -0.383. The van der Waals surface area contributed by atoms with Gasteiger partial charge in [-0.15, -0.1) is 0 Å². The van der Waals surface area contributed by atoms with E-state index in [1.807, 2.05) is 13.0 Å². The molecular formula is C21H22ClN5O3. The van der Waals surface area contributed by atoms with Crippen LogP contribution in [0, 0.1) is 17.0 Å². The molecule has 0 spiro atoms. The minimum Gasteiger partial charge on any atom is -0.494 e. The van der Waals surface area contributed by atoms with E-state index in [-0.39, 0.29) is 17.3 Å². The molecule has 156 valence electrons. The number of anilines is 4. The van der Waals surface area contributed by atoms with Crippen LogP contribution in [0.15, 0.2) is 48.8 Å². The number of nitrogens with zero attached hydrogens (tertiary/aromatic N) is 3. The van der Waals surface area contributed by atoms with Gasteiger partial charge in [0.05, 0.1) is 11.5 Å². The van der Waals surface area contributed by atoms with Gasteiger partial charge in [0.15, 0.2) is 0 Å². The summed E-state index contributed by atoms with van der Waals surface area (Å²) in [5.41, 5.74) is 1.88. The average molecular weight is 428 g/mol. The smallest absolute Gasteiger partial charge is 0.353 e. The minimum absolute atomic E-state index is 0.0717. The zero-order valence-corrected chi connectivity index (χ0v) is 17.4. The fourth-order valence-corrected chi connectivity index (χ4v) is 2.87. The molecule has 2 N–H and O–H groups in total. The normalized spacial score (nSPS) is 10.5. The summed E-state index contributed by atoms with van der Waals surface area (Å²) in [4.78, 5) is 19.4. The van der Waals surface area contributed by atoms with Crippen molar-refractivity contribution in [2.45, 2.75) is 26.7 Å². The summed E-state index contributed by atoms with van der Waals surface area (Å²) in [6.45, 7) is 4.62. The zero-order valence-electron chi connectivity index (χ0n) is 16.7. The quantitative estimate of drug-likeness (QED) is 0.245. The molecule has 0 aliphatic heterocycles. The van der Waals surface area contributed by atoms with Crippen LogP contribution in [0.3, 0.4) is 0 Å². The Kier molecular flexibility index (Phi) is 7.03. The third-order valence-electron chi connectivity index (χ3n) is 4.34. The fraction of sp³-hybridized carbons (Fsp3) is 0.238. The highest BCUT2D eigenvalue weighted by atomic mass is 35.5. The van der Waals surface area contributed by atoms with E-state index in [1.54, 1.807) is 36.4 Å². The molecule has 9 heteroatoms. The first-order chi connectivity index (χ1) is 14.5. The van der Waals surface area contributed by atoms with Crippen molar-refractivity contribution in [2.75, 3.05) is 17.2 Å². The molecule has 2 aromatic carbocycles. The standard InChI is InChI=1S/C21H22ClN5O3/c1-3-4-11-30-17-9-7-16(8-10-17)25-20-19(27(28)29)21(24-13-23-20)26-18-12-15(22)6-5-14(18)2/h5-10,12-13H,3-4,11H2,1-2H3,(H2,23,24,25,26). The number of halogens is 1. The molecule has 0 bridgehead atoms. The predicted molar refractivity (Wildman–Crippen MR) is 118 cm³/mol. The number of aromatic nitrogens is 2. The van der Waals surface area contributed by atoms with Gasteiger partial charge in [0.1, 0.15) is 12.1 Å². The van der Waals surface area contributed by atoms with Gasteiger partial charge in [0.2, 0.25) is 11.6 Å². The number of rotatable bonds is 9. The number of ether oxygens (including phenoxy) is 1. The van der Waals surface area contributed by atoms with Crippen LogP contribution in [0.2, 0.25) is 5.02 Å². The predicted octanol–water partition coefficient (Wildman–Crippen LogP) is 6.01. The molecule has 0 amide bonds. The van der Waals surface area contributed by atoms with Crippen LogP contribution in [0.25, 0.3) is 0 Å². The van der Waals surface area contributed by atoms with Gasteiger partial charge in [0.25, 0.3) is 0 Å². The molecule has 8 nitrogen and oxygen atoms in total. The first-order valence-corrected chi connectivity index (χ1v) is 9.88. The maximum absolute atomic E-state index is 11.8. The summed E-state index contributed by atoms with van der Waals surface area (Å²) in [5.74, 6) is 0.893. The summed E-state index contributed by atoms with van der Waals surface area (Å²) in [6.07, 6.45) is 3.30. The fourth-order valence-electron chi connectivity index (χ4n) is 2.70. The van der Waals surface area contributed by atoms with Crippen molar-refractivity contribution >= 4 is 40.3 Å².